The maximum atomic E-state index is 12.6. The first-order valence-corrected chi connectivity index (χ1v) is 8.66. The Labute approximate surface area is 151 Å². The number of nitrogens with zero attached hydrogens (tertiary/aromatic N) is 2. The molecule has 8 nitrogen and oxygen atoms in total. The zero-order valence-electron chi connectivity index (χ0n) is 15.2. The summed E-state index contributed by atoms with van der Waals surface area (Å²) >= 11 is 0. The van der Waals surface area contributed by atoms with E-state index < -0.39 is 11.5 Å². The molecule has 2 aromatic heterocycles. The number of fused-ring (bicyclic) bond motifs is 1. The third-order valence-corrected chi connectivity index (χ3v) is 4.28. The smallest absolute Gasteiger partial charge is 0.285 e. The number of hydrogen-bond acceptors (Lipinski definition) is 5. The van der Waals surface area contributed by atoms with Crippen LogP contribution in [0.2, 0.25) is 0 Å². The number of hydrogen-bond donors (Lipinski definition) is 2. The first kappa shape index (κ1) is 18.3. The molecule has 1 saturated heterocycles. The molecule has 1 fully saturated rings. The van der Waals surface area contributed by atoms with E-state index in [0.29, 0.717) is 31.9 Å². The SMILES string of the molecule is CC(C)=CCO[C@@H]1CCOC[C@@H]1NC(=O)c1cnc2cc(C)[nH]n2c1=O. The second-order valence-corrected chi connectivity index (χ2v) is 6.71. The molecule has 3 rings (SSSR count). The average Bonchev–Trinajstić information content (AvgIpc) is 2.98. The van der Waals surface area contributed by atoms with Gasteiger partial charge in [-0.25, -0.2) is 9.50 Å². The Morgan fingerprint density at radius 2 is 2.35 bits per heavy atom. The molecular weight excluding hydrogens is 336 g/mol. The molecule has 8 heteroatoms. The molecule has 2 aromatic rings. The number of nitrogens with one attached hydrogen (secondary N) is 2. The molecule has 2 N–H and O–H groups in total. The van der Waals surface area contributed by atoms with E-state index >= 15 is 0 Å². The number of H-pyrrole nitrogens is 1. The van der Waals surface area contributed by atoms with E-state index in [0.717, 1.165) is 5.69 Å². The van der Waals surface area contributed by atoms with Gasteiger partial charge in [-0.3, -0.25) is 14.7 Å². The van der Waals surface area contributed by atoms with Crippen LogP contribution >= 0.6 is 0 Å². The molecule has 0 saturated carbocycles. The van der Waals surface area contributed by atoms with Crippen molar-refractivity contribution >= 4 is 11.6 Å². The van der Waals surface area contributed by atoms with E-state index in [1.807, 2.05) is 26.8 Å². The highest BCUT2D eigenvalue weighted by molar-refractivity contribution is 5.94. The van der Waals surface area contributed by atoms with Crippen LogP contribution in [-0.4, -0.2) is 52.5 Å². The van der Waals surface area contributed by atoms with Crippen molar-refractivity contribution in [1.82, 2.24) is 19.9 Å². The van der Waals surface area contributed by atoms with Gasteiger partial charge in [0.1, 0.15) is 5.56 Å². The Hall–Kier alpha value is -2.45. The molecular formula is C18H24N4O4. The number of ether oxygens (including phenoxy) is 2. The predicted molar refractivity (Wildman–Crippen MR) is 96.4 cm³/mol. The normalized spacial score (nSPS) is 20.1. The summed E-state index contributed by atoms with van der Waals surface area (Å²) in [5.41, 5.74) is 2.00. The van der Waals surface area contributed by atoms with E-state index in [9.17, 15) is 9.59 Å². The second kappa shape index (κ2) is 7.84. The van der Waals surface area contributed by atoms with E-state index in [1.54, 1.807) is 6.07 Å². The number of allylic oxidation sites excluding steroid dienone is 1. The maximum Gasteiger partial charge on any atom is 0.285 e. The van der Waals surface area contributed by atoms with E-state index in [1.165, 1.54) is 16.3 Å². The summed E-state index contributed by atoms with van der Waals surface area (Å²) < 4.78 is 12.6. The molecule has 2 atom stereocenters. The van der Waals surface area contributed by atoms with Crippen molar-refractivity contribution in [2.75, 3.05) is 19.8 Å². The summed E-state index contributed by atoms with van der Waals surface area (Å²) in [7, 11) is 0. The zero-order chi connectivity index (χ0) is 18.7. The van der Waals surface area contributed by atoms with Gasteiger partial charge in [0.2, 0.25) is 0 Å². The fourth-order valence-corrected chi connectivity index (χ4v) is 2.87. The lowest BCUT2D eigenvalue weighted by Crippen LogP contribution is -2.51. The molecule has 0 unspecified atom stereocenters. The van der Waals surface area contributed by atoms with Gasteiger partial charge in [0.15, 0.2) is 5.65 Å². The van der Waals surface area contributed by atoms with E-state index in [4.69, 9.17) is 9.47 Å². The van der Waals surface area contributed by atoms with E-state index in [-0.39, 0.29) is 17.7 Å². The number of carbonyl (C=O) groups is 1. The van der Waals surface area contributed by atoms with Crippen molar-refractivity contribution in [3.63, 3.8) is 0 Å². The summed E-state index contributed by atoms with van der Waals surface area (Å²) in [5.74, 6) is -0.476. The minimum atomic E-state index is -0.476. The molecule has 1 aliphatic rings. The average molecular weight is 360 g/mol. The van der Waals surface area contributed by atoms with Crippen LogP contribution in [0.1, 0.15) is 36.3 Å². The number of amides is 1. The molecule has 0 aliphatic carbocycles. The summed E-state index contributed by atoms with van der Waals surface area (Å²) in [6.45, 7) is 7.25. The molecule has 0 radical (unpaired) electrons. The van der Waals surface area contributed by atoms with Crippen molar-refractivity contribution in [3.8, 4) is 0 Å². The van der Waals surface area contributed by atoms with Gasteiger partial charge in [-0.1, -0.05) is 11.6 Å². The molecule has 0 spiro atoms. The summed E-state index contributed by atoms with van der Waals surface area (Å²) in [5, 5.41) is 5.74. The van der Waals surface area contributed by atoms with Gasteiger partial charge in [-0.15, -0.1) is 0 Å². The molecule has 0 bridgehead atoms. The Morgan fingerprint density at radius 1 is 1.54 bits per heavy atom. The van der Waals surface area contributed by atoms with Crippen LogP contribution in [0.4, 0.5) is 0 Å². The fraction of sp³-hybridized carbons (Fsp3) is 0.500. The van der Waals surface area contributed by atoms with Crippen LogP contribution in [0, 0.1) is 6.92 Å². The van der Waals surface area contributed by atoms with Gasteiger partial charge in [-0.2, -0.15) is 0 Å². The van der Waals surface area contributed by atoms with Crippen LogP contribution < -0.4 is 10.9 Å². The van der Waals surface area contributed by atoms with Gasteiger partial charge in [0.25, 0.3) is 11.5 Å². The van der Waals surface area contributed by atoms with Crippen molar-refractivity contribution < 1.29 is 14.3 Å². The lowest BCUT2D eigenvalue weighted by molar-refractivity contribution is -0.0457. The monoisotopic (exact) mass is 360 g/mol. The molecule has 0 aromatic carbocycles. The zero-order valence-corrected chi connectivity index (χ0v) is 15.2. The number of aromatic amines is 1. The Bertz CT molecular complexity index is 879. The van der Waals surface area contributed by atoms with Crippen molar-refractivity contribution in [2.24, 2.45) is 0 Å². The summed E-state index contributed by atoms with van der Waals surface area (Å²) in [6.07, 6.45) is 3.83. The van der Waals surface area contributed by atoms with Gasteiger partial charge in [0.05, 0.1) is 25.4 Å². The Kier molecular flexibility index (Phi) is 5.53. The number of aromatic nitrogens is 3. The molecule has 3 heterocycles. The van der Waals surface area contributed by atoms with Gasteiger partial charge in [-0.05, 0) is 27.2 Å². The lowest BCUT2D eigenvalue weighted by atomic mass is 10.1. The highest BCUT2D eigenvalue weighted by Gasteiger charge is 2.29. The third-order valence-electron chi connectivity index (χ3n) is 4.28. The highest BCUT2D eigenvalue weighted by atomic mass is 16.5. The number of rotatable bonds is 5. The predicted octanol–water partition coefficient (Wildman–Crippen LogP) is 1.20. The van der Waals surface area contributed by atoms with Crippen molar-refractivity contribution in [1.29, 1.82) is 0 Å². The molecule has 1 amide bonds. The highest BCUT2D eigenvalue weighted by Crippen LogP contribution is 2.13. The minimum Gasteiger partial charge on any atom is -0.379 e. The van der Waals surface area contributed by atoms with Crippen LogP contribution in [0.5, 0.6) is 0 Å². The van der Waals surface area contributed by atoms with Gasteiger partial charge < -0.3 is 14.8 Å². The minimum absolute atomic E-state index is 0.0158. The fourth-order valence-electron chi connectivity index (χ4n) is 2.87. The number of aryl methyl sites for hydroxylation is 1. The van der Waals surface area contributed by atoms with Crippen molar-refractivity contribution in [2.45, 2.75) is 39.3 Å². The second-order valence-electron chi connectivity index (χ2n) is 6.71. The first-order valence-electron chi connectivity index (χ1n) is 8.66. The maximum absolute atomic E-state index is 12.6. The first-order chi connectivity index (χ1) is 12.5. The van der Waals surface area contributed by atoms with Crippen LogP contribution in [0.15, 0.2) is 28.7 Å². The van der Waals surface area contributed by atoms with Crippen LogP contribution in [0.3, 0.4) is 0 Å². The molecule has 1 aliphatic heterocycles. The topological polar surface area (TPSA) is 97.7 Å². The Balaban J connectivity index is 1.74. The lowest BCUT2D eigenvalue weighted by Gasteiger charge is -2.31. The molecule has 26 heavy (non-hydrogen) atoms. The number of carbonyl (C=O) groups excluding carboxylic acids is 1. The quantitative estimate of drug-likeness (QED) is 0.781. The van der Waals surface area contributed by atoms with E-state index in [2.05, 4.69) is 15.4 Å². The summed E-state index contributed by atoms with van der Waals surface area (Å²) in [6, 6.07) is 1.43. The largest absolute Gasteiger partial charge is 0.379 e. The van der Waals surface area contributed by atoms with Gasteiger partial charge in [0, 0.05) is 24.6 Å². The third kappa shape index (κ3) is 4.03. The van der Waals surface area contributed by atoms with Crippen LogP contribution in [0.25, 0.3) is 5.65 Å². The molecule has 140 valence electrons. The van der Waals surface area contributed by atoms with Gasteiger partial charge >= 0.3 is 0 Å². The Morgan fingerprint density at radius 3 is 3.12 bits per heavy atom. The van der Waals surface area contributed by atoms with Crippen molar-refractivity contribution in [3.05, 3.63) is 45.5 Å². The van der Waals surface area contributed by atoms with Crippen LogP contribution in [-0.2, 0) is 9.47 Å². The summed E-state index contributed by atoms with van der Waals surface area (Å²) in [4.78, 5) is 29.3. The standard InChI is InChI=1S/C18H24N4O4/c1-11(2)4-7-26-15-5-6-25-10-14(15)20-17(23)13-9-19-16-8-12(3)21-22(16)18(13)24/h4,8-9,14-15,21H,5-7,10H2,1-3H3,(H,20,23)/t14-,15+/m0/s1.